The number of thiazole rings is 1. The molecule has 0 aliphatic carbocycles. The number of ether oxygens (including phenoxy) is 1. The number of amides is 1. The molecule has 0 spiro atoms. The van der Waals surface area contributed by atoms with E-state index in [0.717, 1.165) is 11.3 Å². The SMILES string of the molecule is CCOc1ccc(-c2nc(C)c(C(=O)N(CC#N)CC#N)s2)cc1. The van der Waals surface area contributed by atoms with Crippen LogP contribution in [0.4, 0.5) is 0 Å². The van der Waals surface area contributed by atoms with Gasteiger partial charge in [0.1, 0.15) is 28.7 Å². The number of hydrogen-bond donors (Lipinski definition) is 0. The Bertz CT molecular complexity index is 783. The smallest absolute Gasteiger partial charge is 0.267 e. The molecule has 1 aromatic carbocycles. The van der Waals surface area contributed by atoms with Gasteiger partial charge in [0.2, 0.25) is 0 Å². The van der Waals surface area contributed by atoms with Gasteiger partial charge in [-0.3, -0.25) is 4.79 Å². The quantitative estimate of drug-likeness (QED) is 0.754. The van der Waals surface area contributed by atoms with Crippen molar-refractivity contribution >= 4 is 17.2 Å². The molecule has 0 N–H and O–H groups in total. The van der Waals surface area contributed by atoms with Gasteiger partial charge < -0.3 is 9.64 Å². The van der Waals surface area contributed by atoms with E-state index in [-0.39, 0.29) is 19.0 Å². The Morgan fingerprint density at radius 2 is 1.88 bits per heavy atom. The van der Waals surface area contributed by atoms with Gasteiger partial charge in [-0.15, -0.1) is 11.3 Å². The van der Waals surface area contributed by atoms with Crippen molar-refractivity contribution in [3.8, 4) is 28.5 Å². The molecule has 122 valence electrons. The fourth-order valence-electron chi connectivity index (χ4n) is 2.09. The highest BCUT2D eigenvalue weighted by atomic mass is 32.1. The van der Waals surface area contributed by atoms with Gasteiger partial charge in [0.25, 0.3) is 5.91 Å². The van der Waals surface area contributed by atoms with Crippen molar-refractivity contribution in [3.63, 3.8) is 0 Å². The van der Waals surface area contributed by atoms with E-state index in [0.29, 0.717) is 22.2 Å². The normalized spacial score (nSPS) is 9.83. The topological polar surface area (TPSA) is 90.0 Å². The third-order valence-electron chi connectivity index (χ3n) is 3.21. The number of rotatable bonds is 6. The first-order chi connectivity index (χ1) is 11.6. The largest absolute Gasteiger partial charge is 0.494 e. The van der Waals surface area contributed by atoms with Gasteiger partial charge in [-0.2, -0.15) is 10.5 Å². The van der Waals surface area contributed by atoms with E-state index in [1.165, 1.54) is 16.2 Å². The van der Waals surface area contributed by atoms with Gasteiger partial charge >= 0.3 is 0 Å². The van der Waals surface area contributed by atoms with Crippen LogP contribution in [0.3, 0.4) is 0 Å². The van der Waals surface area contributed by atoms with Gasteiger partial charge in [-0.25, -0.2) is 4.98 Å². The lowest BCUT2D eigenvalue weighted by Gasteiger charge is -2.14. The summed E-state index contributed by atoms with van der Waals surface area (Å²) in [5.41, 5.74) is 1.48. The highest BCUT2D eigenvalue weighted by molar-refractivity contribution is 7.17. The Morgan fingerprint density at radius 1 is 1.25 bits per heavy atom. The number of benzene rings is 1. The predicted molar refractivity (Wildman–Crippen MR) is 90.6 cm³/mol. The second-order valence-corrected chi connectivity index (χ2v) is 5.87. The first-order valence-corrected chi connectivity index (χ1v) is 8.16. The zero-order chi connectivity index (χ0) is 17.5. The lowest BCUT2D eigenvalue weighted by Crippen LogP contribution is -2.31. The average molecular weight is 340 g/mol. The monoisotopic (exact) mass is 340 g/mol. The maximum atomic E-state index is 12.5. The summed E-state index contributed by atoms with van der Waals surface area (Å²) in [6.45, 7) is 4.02. The third kappa shape index (κ3) is 3.89. The number of nitriles is 2. The molecule has 0 atom stereocenters. The highest BCUT2D eigenvalue weighted by Crippen LogP contribution is 2.30. The van der Waals surface area contributed by atoms with Crippen LogP contribution in [-0.2, 0) is 0 Å². The van der Waals surface area contributed by atoms with Crippen LogP contribution in [0, 0.1) is 29.6 Å². The van der Waals surface area contributed by atoms with Crippen molar-refractivity contribution in [3.05, 3.63) is 34.8 Å². The third-order valence-corrected chi connectivity index (χ3v) is 4.41. The molecule has 1 heterocycles. The van der Waals surface area contributed by atoms with Gasteiger partial charge in [0.15, 0.2) is 0 Å². The molecular formula is C17H16N4O2S. The molecule has 1 aromatic heterocycles. The molecule has 6 nitrogen and oxygen atoms in total. The van der Waals surface area contributed by atoms with Crippen molar-refractivity contribution < 1.29 is 9.53 Å². The van der Waals surface area contributed by atoms with Crippen molar-refractivity contribution in [1.82, 2.24) is 9.88 Å². The van der Waals surface area contributed by atoms with Crippen LogP contribution in [0.5, 0.6) is 5.75 Å². The molecule has 0 aliphatic heterocycles. The van der Waals surface area contributed by atoms with Gasteiger partial charge in [0, 0.05) is 5.56 Å². The van der Waals surface area contributed by atoms with Crippen LogP contribution < -0.4 is 4.74 Å². The second kappa shape index (κ2) is 8.09. The summed E-state index contributed by atoms with van der Waals surface area (Å²) in [5, 5.41) is 18.3. The van der Waals surface area contributed by atoms with E-state index >= 15 is 0 Å². The summed E-state index contributed by atoms with van der Waals surface area (Å²) in [7, 11) is 0. The van der Waals surface area contributed by atoms with Gasteiger partial charge in [0.05, 0.1) is 24.4 Å². The summed E-state index contributed by atoms with van der Waals surface area (Å²) >= 11 is 1.26. The van der Waals surface area contributed by atoms with Crippen LogP contribution in [-0.4, -0.2) is 35.5 Å². The molecule has 0 fully saturated rings. The first kappa shape index (κ1) is 17.5. The molecule has 2 rings (SSSR count). The number of nitrogens with zero attached hydrogens (tertiary/aromatic N) is 4. The minimum Gasteiger partial charge on any atom is -0.494 e. The van der Waals surface area contributed by atoms with Crippen molar-refractivity contribution in [2.24, 2.45) is 0 Å². The Kier molecular flexibility index (Phi) is 5.89. The minimum atomic E-state index is -0.342. The maximum absolute atomic E-state index is 12.5. The molecule has 0 unspecified atom stereocenters. The molecule has 0 aliphatic rings. The predicted octanol–water partition coefficient (Wildman–Crippen LogP) is 3.01. The molecule has 2 aromatic rings. The highest BCUT2D eigenvalue weighted by Gasteiger charge is 2.21. The molecule has 0 saturated heterocycles. The molecule has 24 heavy (non-hydrogen) atoms. The number of hydrogen-bond acceptors (Lipinski definition) is 6. The fraction of sp³-hybridized carbons (Fsp3) is 0.294. The number of carbonyl (C=O) groups excluding carboxylic acids is 1. The molecule has 0 radical (unpaired) electrons. The number of aromatic nitrogens is 1. The Morgan fingerprint density at radius 3 is 2.42 bits per heavy atom. The average Bonchev–Trinajstić information content (AvgIpc) is 2.97. The standard InChI is InChI=1S/C17H16N4O2S/c1-3-23-14-6-4-13(5-7-14)16-20-12(2)15(24-16)17(22)21(10-8-18)11-9-19/h4-7H,3,10-11H2,1-2H3. The van der Waals surface area contributed by atoms with Crippen molar-refractivity contribution in [1.29, 1.82) is 10.5 Å². The van der Waals surface area contributed by atoms with Crippen molar-refractivity contribution in [2.45, 2.75) is 13.8 Å². The van der Waals surface area contributed by atoms with E-state index in [1.807, 2.05) is 43.3 Å². The maximum Gasteiger partial charge on any atom is 0.267 e. The number of aryl methyl sites for hydroxylation is 1. The molecule has 1 amide bonds. The Hall–Kier alpha value is -2.90. The van der Waals surface area contributed by atoms with Crippen LogP contribution in [0.2, 0.25) is 0 Å². The van der Waals surface area contributed by atoms with Crippen LogP contribution in [0.1, 0.15) is 22.3 Å². The number of carbonyl (C=O) groups is 1. The van der Waals surface area contributed by atoms with Crippen LogP contribution >= 0.6 is 11.3 Å². The van der Waals surface area contributed by atoms with Crippen LogP contribution in [0.25, 0.3) is 10.6 Å². The van der Waals surface area contributed by atoms with E-state index < -0.39 is 0 Å². The van der Waals surface area contributed by atoms with Gasteiger partial charge in [-0.1, -0.05) is 0 Å². The molecule has 0 saturated carbocycles. The lowest BCUT2D eigenvalue weighted by atomic mass is 10.2. The zero-order valence-electron chi connectivity index (χ0n) is 13.4. The van der Waals surface area contributed by atoms with E-state index in [4.69, 9.17) is 15.3 Å². The van der Waals surface area contributed by atoms with E-state index in [2.05, 4.69) is 4.98 Å². The molecular weight excluding hydrogens is 324 g/mol. The molecule has 7 heteroatoms. The van der Waals surface area contributed by atoms with Crippen molar-refractivity contribution in [2.75, 3.05) is 19.7 Å². The lowest BCUT2D eigenvalue weighted by molar-refractivity contribution is 0.0798. The van der Waals surface area contributed by atoms with E-state index in [1.54, 1.807) is 6.92 Å². The first-order valence-electron chi connectivity index (χ1n) is 7.34. The zero-order valence-corrected chi connectivity index (χ0v) is 14.3. The summed E-state index contributed by atoms with van der Waals surface area (Å²) in [5.74, 6) is 0.435. The van der Waals surface area contributed by atoms with Crippen LogP contribution in [0.15, 0.2) is 24.3 Å². The molecule has 0 bridgehead atoms. The van der Waals surface area contributed by atoms with Gasteiger partial charge in [-0.05, 0) is 38.1 Å². The summed E-state index contributed by atoms with van der Waals surface area (Å²) in [6, 6.07) is 11.3. The fourth-order valence-corrected chi connectivity index (χ4v) is 3.13. The summed E-state index contributed by atoms with van der Waals surface area (Å²) < 4.78 is 5.41. The summed E-state index contributed by atoms with van der Waals surface area (Å²) in [6.07, 6.45) is 0. The minimum absolute atomic E-state index is 0.123. The second-order valence-electron chi connectivity index (χ2n) is 4.87. The summed E-state index contributed by atoms with van der Waals surface area (Å²) in [4.78, 5) is 18.6. The van der Waals surface area contributed by atoms with E-state index in [9.17, 15) is 4.79 Å². The Labute approximate surface area is 144 Å². The Balaban J connectivity index is 2.28.